The lowest BCUT2D eigenvalue weighted by atomic mass is 10.1. The molecular formula is C13H23N3O3. The lowest BCUT2D eigenvalue weighted by Gasteiger charge is -2.22. The number of nitrogens with zero attached hydrogens (tertiary/aromatic N) is 2. The van der Waals surface area contributed by atoms with Crippen LogP contribution in [0.4, 0.5) is 4.79 Å². The van der Waals surface area contributed by atoms with E-state index in [0.717, 1.165) is 32.4 Å². The molecule has 1 saturated carbocycles. The number of aliphatic carboxylic acids is 1. The molecule has 2 fully saturated rings. The van der Waals surface area contributed by atoms with Crippen molar-refractivity contribution in [3.63, 3.8) is 0 Å². The van der Waals surface area contributed by atoms with Crippen molar-refractivity contribution in [3.8, 4) is 0 Å². The lowest BCUT2D eigenvalue weighted by molar-refractivity contribution is -0.137. The van der Waals surface area contributed by atoms with Gasteiger partial charge in [-0.15, -0.1) is 0 Å². The van der Waals surface area contributed by atoms with Gasteiger partial charge >= 0.3 is 12.0 Å². The predicted molar refractivity (Wildman–Crippen MR) is 70.9 cm³/mol. The van der Waals surface area contributed by atoms with Gasteiger partial charge in [-0.3, -0.25) is 4.79 Å². The van der Waals surface area contributed by atoms with E-state index in [1.165, 1.54) is 4.90 Å². The topological polar surface area (TPSA) is 72.9 Å². The summed E-state index contributed by atoms with van der Waals surface area (Å²) in [4.78, 5) is 26.5. The first-order valence-corrected chi connectivity index (χ1v) is 6.97. The Morgan fingerprint density at radius 3 is 2.58 bits per heavy atom. The second kappa shape index (κ2) is 6.23. The van der Waals surface area contributed by atoms with Crippen molar-refractivity contribution < 1.29 is 14.7 Å². The van der Waals surface area contributed by atoms with Crippen molar-refractivity contribution >= 4 is 12.0 Å². The number of carboxylic acid groups (broad SMARTS) is 1. The maximum atomic E-state index is 12.0. The first-order chi connectivity index (χ1) is 9.04. The van der Waals surface area contributed by atoms with Gasteiger partial charge in [0.05, 0.1) is 0 Å². The Bertz CT molecular complexity index is 344. The average molecular weight is 269 g/mol. The monoisotopic (exact) mass is 269 g/mol. The summed E-state index contributed by atoms with van der Waals surface area (Å²) in [6.07, 6.45) is 3.31. The minimum Gasteiger partial charge on any atom is -0.480 e. The Morgan fingerprint density at radius 2 is 2.05 bits per heavy atom. The van der Waals surface area contributed by atoms with Gasteiger partial charge in [0, 0.05) is 19.6 Å². The van der Waals surface area contributed by atoms with Crippen LogP contribution in [0.3, 0.4) is 0 Å². The van der Waals surface area contributed by atoms with Crippen LogP contribution in [0.1, 0.15) is 19.3 Å². The number of amides is 2. The summed E-state index contributed by atoms with van der Waals surface area (Å²) in [5.74, 6) is 0.0423. The summed E-state index contributed by atoms with van der Waals surface area (Å²) in [7, 11) is 2.08. The fraction of sp³-hybridized carbons (Fsp3) is 0.846. The van der Waals surface area contributed by atoms with Crippen LogP contribution >= 0.6 is 0 Å². The third-order valence-corrected chi connectivity index (χ3v) is 3.82. The highest BCUT2D eigenvalue weighted by Crippen LogP contribution is 2.29. The van der Waals surface area contributed by atoms with Crippen LogP contribution in [-0.4, -0.2) is 66.7 Å². The molecule has 0 aromatic rings. The van der Waals surface area contributed by atoms with E-state index in [2.05, 4.69) is 17.3 Å². The summed E-state index contributed by atoms with van der Waals surface area (Å²) >= 11 is 0. The van der Waals surface area contributed by atoms with Crippen molar-refractivity contribution in [1.29, 1.82) is 0 Å². The molecule has 0 aromatic heterocycles. The quantitative estimate of drug-likeness (QED) is 0.734. The van der Waals surface area contributed by atoms with Gasteiger partial charge < -0.3 is 20.2 Å². The smallest absolute Gasteiger partial charge is 0.323 e. The summed E-state index contributed by atoms with van der Waals surface area (Å²) in [6, 6.07) is -0.233. The van der Waals surface area contributed by atoms with E-state index in [1.54, 1.807) is 0 Å². The van der Waals surface area contributed by atoms with Crippen molar-refractivity contribution in [2.75, 3.05) is 39.8 Å². The third kappa shape index (κ3) is 4.70. The van der Waals surface area contributed by atoms with E-state index in [1.807, 2.05) is 0 Å². The molecule has 2 aliphatic rings. The van der Waals surface area contributed by atoms with E-state index in [9.17, 15) is 9.59 Å². The van der Waals surface area contributed by atoms with E-state index < -0.39 is 5.97 Å². The number of carbonyl (C=O) groups excluding carboxylic acids is 1. The van der Waals surface area contributed by atoms with Gasteiger partial charge in [0.25, 0.3) is 0 Å². The van der Waals surface area contributed by atoms with Crippen molar-refractivity contribution in [3.05, 3.63) is 0 Å². The first-order valence-electron chi connectivity index (χ1n) is 6.97. The molecule has 0 radical (unpaired) electrons. The summed E-state index contributed by atoms with van der Waals surface area (Å²) in [5.41, 5.74) is 0. The molecule has 2 rings (SSSR count). The molecule has 2 N–H and O–H groups in total. The van der Waals surface area contributed by atoms with Gasteiger partial charge in [-0.2, -0.15) is 0 Å². The van der Waals surface area contributed by atoms with Gasteiger partial charge in [-0.05, 0) is 44.7 Å². The molecule has 6 nitrogen and oxygen atoms in total. The van der Waals surface area contributed by atoms with Crippen LogP contribution in [0.5, 0.6) is 0 Å². The van der Waals surface area contributed by atoms with Crippen molar-refractivity contribution in [2.45, 2.75) is 19.3 Å². The molecule has 1 unspecified atom stereocenters. The van der Waals surface area contributed by atoms with Gasteiger partial charge in [0.2, 0.25) is 0 Å². The highest BCUT2D eigenvalue weighted by Gasteiger charge is 2.28. The molecule has 0 spiro atoms. The summed E-state index contributed by atoms with van der Waals surface area (Å²) in [5, 5.41) is 11.7. The molecule has 0 aromatic carbocycles. The van der Waals surface area contributed by atoms with Crippen molar-refractivity contribution in [2.24, 2.45) is 11.8 Å². The molecule has 0 bridgehead atoms. The number of carboxylic acids is 1. The van der Waals surface area contributed by atoms with Crippen LogP contribution in [-0.2, 0) is 4.79 Å². The second-order valence-electron chi connectivity index (χ2n) is 5.82. The zero-order valence-corrected chi connectivity index (χ0v) is 11.5. The van der Waals surface area contributed by atoms with Crippen LogP contribution in [0, 0.1) is 11.8 Å². The minimum atomic E-state index is -0.948. The van der Waals surface area contributed by atoms with Crippen LogP contribution in [0.2, 0.25) is 0 Å². The Balaban J connectivity index is 1.75. The van der Waals surface area contributed by atoms with E-state index in [0.29, 0.717) is 24.9 Å². The average Bonchev–Trinajstić information content (AvgIpc) is 3.06. The summed E-state index contributed by atoms with van der Waals surface area (Å²) < 4.78 is 0. The van der Waals surface area contributed by atoms with Crippen LogP contribution < -0.4 is 5.32 Å². The highest BCUT2D eigenvalue weighted by molar-refractivity contribution is 5.80. The largest absolute Gasteiger partial charge is 0.480 e. The molecule has 19 heavy (non-hydrogen) atoms. The minimum absolute atomic E-state index is 0.201. The SMILES string of the molecule is CN1CCC(CNC(=O)N(CC(=O)O)CC2CC2)C1. The van der Waals surface area contributed by atoms with E-state index in [-0.39, 0.29) is 12.6 Å². The number of urea groups is 1. The highest BCUT2D eigenvalue weighted by atomic mass is 16.4. The molecule has 1 atom stereocenters. The Labute approximate surface area is 113 Å². The number of carbonyl (C=O) groups is 2. The van der Waals surface area contributed by atoms with Crippen LogP contribution in [0.25, 0.3) is 0 Å². The molecule has 1 aliphatic carbocycles. The molecular weight excluding hydrogens is 246 g/mol. The number of hydrogen-bond acceptors (Lipinski definition) is 3. The van der Waals surface area contributed by atoms with Gasteiger partial charge in [0.15, 0.2) is 0 Å². The fourth-order valence-corrected chi connectivity index (χ4v) is 2.53. The van der Waals surface area contributed by atoms with Crippen LogP contribution in [0.15, 0.2) is 0 Å². The molecule has 1 heterocycles. The zero-order valence-electron chi connectivity index (χ0n) is 11.5. The Hall–Kier alpha value is -1.30. The summed E-state index contributed by atoms with van der Waals surface area (Å²) in [6.45, 7) is 3.09. The van der Waals surface area contributed by atoms with E-state index >= 15 is 0 Å². The third-order valence-electron chi connectivity index (χ3n) is 3.82. The second-order valence-corrected chi connectivity index (χ2v) is 5.82. The number of likely N-dealkylation sites (tertiary alicyclic amines) is 1. The first kappa shape index (κ1) is 14.1. The lowest BCUT2D eigenvalue weighted by Crippen LogP contribution is -2.45. The maximum absolute atomic E-state index is 12.0. The predicted octanol–water partition coefficient (Wildman–Crippen LogP) is 0.444. The van der Waals surface area contributed by atoms with Gasteiger partial charge in [-0.25, -0.2) is 4.79 Å². The number of nitrogens with one attached hydrogen (secondary N) is 1. The van der Waals surface area contributed by atoms with Gasteiger partial charge in [-0.1, -0.05) is 0 Å². The molecule has 108 valence electrons. The Morgan fingerprint density at radius 1 is 1.32 bits per heavy atom. The fourth-order valence-electron chi connectivity index (χ4n) is 2.53. The standard InChI is InChI=1S/C13H23N3O3/c1-15-5-4-11(7-15)6-14-13(19)16(9-12(17)18)8-10-2-3-10/h10-11H,2-9H2,1H3,(H,14,19)(H,17,18). The zero-order chi connectivity index (χ0) is 13.8. The maximum Gasteiger partial charge on any atom is 0.323 e. The molecule has 1 saturated heterocycles. The Kier molecular flexibility index (Phi) is 4.63. The van der Waals surface area contributed by atoms with Gasteiger partial charge in [0.1, 0.15) is 6.54 Å². The number of hydrogen-bond donors (Lipinski definition) is 2. The normalized spacial score (nSPS) is 23.3. The molecule has 6 heteroatoms. The molecule has 2 amide bonds. The van der Waals surface area contributed by atoms with Crippen molar-refractivity contribution in [1.82, 2.24) is 15.1 Å². The molecule has 1 aliphatic heterocycles. The van der Waals surface area contributed by atoms with E-state index in [4.69, 9.17) is 5.11 Å². The number of rotatable bonds is 6.